The third-order valence-corrected chi connectivity index (χ3v) is 2.04. The molecule has 0 unspecified atom stereocenters. The first-order valence-electron chi connectivity index (χ1n) is 4.98. The number of carbonyl (C=O) groups excluding carboxylic acids is 2. The molecule has 0 aromatic rings. The number of Topliss-reactive ketones (excluding diaryl/α,β-unsaturated/α-hetero) is 1. The number of amides is 1. The zero-order chi connectivity index (χ0) is 11.6. The van der Waals surface area contributed by atoms with Crippen molar-refractivity contribution >= 4 is 11.9 Å². The molecule has 1 aliphatic rings. The molecule has 5 nitrogen and oxygen atoms in total. The van der Waals surface area contributed by atoms with Crippen LogP contribution in [0, 0.1) is 0 Å². The molecule has 0 aliphatic carbocycles. The quantitative estimate of drug-likeness (QED) is 0.641. The number of piperidine rings is 1. The molecule has 1 heterocycles. The molecule has 1 rings (SSSR count). The van der Waals surface area contributed by atoms with E-state index in [2.05, 4.69) is 0 Å². The fourth-order valence-electron chi connectivity index (χ4n) is 1.29. The van der Waals surface area contributed by atoms with Crippen LogP contribution >= 0.6 is 0 Å². The first-order chi connectivity index (χ1) is 6.79. The lowest BCUT2D eigenvalue weighted by atomic mass is 10.1. The highest BCUT2D eigenvalue weighted by Gasteiger charge is 2.30. The molecule has 1 N–H and O–H groups in total. The predicted octanol–water partition coefficient (Wildman–Crippen LogP) is 0.557. The van der Waals surface area contributed by atoms with E-state index in [0.717, 1.165) is 0 Å². The number of hydrogen-bond acceptors (Lipinski definition) is 4. The molecule has 1 amide bonds. The summed E-state index contributed by atoms with van der Waals surface area (Å²) in [4.78, 5) is 24.0. The van der Waals surface area contributed by atoms with Gasteiger partial charge in [-0.25, -0.2) is 4.79 Å². The third kappa shape index (κ3) is 3.51. The Morgan fingerprint density at radius 3 is 2.60 bits per heavy atom. The molecule has 1 atom stereocenters. The number of carbonyl (C=O) groups is 2. The van der Waals surface area contributed by atoms with Gasteiger partial charge in [0.15, 0.2) is 5.78 Å². The van der Waals surface area contributed by atoms with Crippen LogP contribution in [0.3, 0.4) is 0 Å². The monoisotopic (exact) mass is 215 g/mol. The molecule has 1 fully saturated rings. The molecule has 15 heavy (non-hydrogen) atoms. The van der Waals surface area contributed by atoms with Gasteiger partial charge in [0.05, 0.1) is 6.54 Å². The fourth-order valence-corrected chi connectivity index (χ4v) is 1.29. The van der Waals surface area contributed by atoms with Gasteiger partial charge in [-0.05, 0) is 27.2 Å². The number of hydrogen-bond donors (Lipinski definition) is 1. The second-order valence-electron chi connectivity index (χ2n) is 4.67. The lowest BCUT2D eigenvalue weighted by Crippen LogP contribution is -2.48. The summed E-state index contributed by atoms with van der Waals surface area (Å²) in [5.41, 5.74) is -0.559. The van der Waals surface area contributed by atoms with Gasteiger partial charge in [-0.1, -0.05) is 0 Å². The minimum absolute atomic E-state index is 0.0594. The number of ketones is 1. The predicted molar refractivity (Wildman–Crippen MR) is 53.4 cm³/mol. The van der Waals surface area contributed by atoms with Gasteiger partial charge in [-0.3, -0.25) is 4.79 Å². The Morgan fingerprint density at radius 1 is 1.53 bits per heavy atom. The van der Waals surface area contributed by atoms with Crippen molar-refractivity contribution < 1.29 is 19.4 Å². The molecule has 0 radical (unpaired) electrons. The molecule has 1 saturated heterocycles. The molecule has 0 saturated carbocycles. The Morgan fingerprint density at radius 2 is 2.13 bits per heavy atom. The zero-order valence-electron chi connectivity index (χ0n) is 9.32. The highest BCUT2D eigenvalue weighted by atomic mass is 16.6. The number of likely N-dealkylation sites (tertiary alicyclic amines) is 1. The van der Waals surface area contributed by atoms with Gasteiger partial charge in [0.1, 0.15) is 11.7 Å². The summed E-state index contributed by atoms with van der Waals surface area (Å²) in [5, 5.41) is 9.18. The lowest BCUT2D eigenvalue weighted by Gasteiger charge is -2.30. The number of aliphatic hydroxyl groups is 1. The van der Waals surface area contributed by atoms with Crippen LogP contribution in [0.1, 0.15) is 27.2 Å². The van der Waals surface area contributed by atoms with Crippen molar-refractivity contribution in [3.63, 3.8) is 0 Å². The second-order valence-corrected chi connectivity index (χ2v) is 4.67. The highest BCUT2D eigenvalue weighted by molar-refractivity contribution is 5.88. The SMILES string of the molecule is CC(C)(C)OC(=O)N1CC[C@H](O)C(=O)C1. The minimum atomic E-state index is -0.927. The van der Waals surface area contributed by atoms with E-state index in [0.29, 0.717) is 6.54 Å². The average molecular weight is 215 g/mol. The van der Waals surface area contributed by atoms with Gasteiger partial charge in [0.2, 0.25) is 0 Å². The first kappa shape index (κ1) is 12.0. The second kappa shape index (κ2) is 4.18. The maximum Gasteiger partial charge on any atom is 0.410 e. The molecule has 0 aromatic carbocycles. The van der Waals surface area contributed by atoms with E-state index in [-0.39, 0.29) is 18.7 Å². The minimum Gasteiger partial charge on any atom is -0.444 e. The van der Waals surface area contributed by atoms with Crippen LogP contribution in [-0.2, 0) is 9.53 Å². The molecular weight excluding hydrogens is 198 g/mol. The van der Waals surface area contributed by atoms with E-state index in [4.69, 9.17) is 4.74 Å². The largest absolute Gasteiger partial charge is 0.444 e. The van der Waals surface area contributed by atoms with Gasteiger partial charge in [-0.15, -0.1) is 0 Å². The molecular formula is C10H17NO4. The van der Waals surface area contributed by atoms with Crippen LogP contribution in [0.4, 0.5) is 4.79 Å². The summed E-state index contributed by atoms with van der Waals surface area (Å²) in [7, 11) is 0. The molecule has 0 aromatic heterocycles. The molecule has 86 valence electrons. The van der Waals surface area contributed by atoms with Crippen molar-refractivity contribution in [2.75, 3.05) is 13.1 Å². The highest BCUT2D eigenvalue weighted by Crippen LogP contribution is 2.13. The van der Waals surface area contributed by atoms with Crippen LogP contribution in [0.25, 0.3) is 0 Å². The van der Waals surface area contributed by atoms with Gasteiger partial charge in [0, 0.05) is 6.54 Å². The van der Waals surface area contributed by atoms with E-state index in [1.807, 2.05) is 0 Å². The number of nitrogens with zero attached hydrogens (tertiary/aromatic N) is 1. The molecule has 0 bridgehead atoms. The van der Waals surface area contributed by atoms with Crippen molar-refractivity contribution in [1.29, 1.82) is 0 Å². The standard InChI is InChI=1S/C10H17NO4/c1-10(2,3)15-9(14)11-5-4-7(12)8(13)6-11/h7,12H,4-6H2,1-3H3/t7-/m0/s1. The lowest BCUT2D eigenvalue weighted by molar-refractivity contribution is -0.131. The molecule has 1 aliphatic heterocycles. The van der Waals surface area contributed by atoms with Gasteiger partial charge >= 0.3 is 6.09 Å². The zero-order valence-corrected chi connectivity index (χ0v) is 9.32. The van der Waals surface area contributed by atoms with Crippen molar-refractivity contribution in [3.8, 4) is 0 Å². The number of ether oxygens (including phenoxy) is 1. The van der Waals surface area contributed by atoms with Gasteiger partial charge in [0.25, 0.3) is 0 Å². The van der Waals surface area contributed by atoms with E-state index in [9.17, 15) is 14.7 Å². The Kier molecular flexibility index (Phi) is 3.34. The fraction of sp³-hybridized carbons (Fsp3) is 0.800. The van der Waals surface area contributed by atoms with Crippen LogP contribution in [-0.4, -0.2) is 46.7 Å². The van der Waals surface area contributed by atoms with Crippen LogP contribution in [0.2, 0.25) is 0 Å². The van der Waals surface area contributed by atoms with Crippen LogP contribution in [0.5, 0.6) is 0 Å². The maximum atomic E-state index is 11.5. The van der Waals surface area contributed by atoms with Crippen molar-refractivity contribution in [2.24, 2.45) is 0 Å². The van der Waals surface area contributed by atoms with Crippen molar-refractivity contribution in [3.05, 3.63) is 0 Å². The summed E-state index contributed by atoms with van der Waals surface area (Å²) in [6.07, 6.45) is -1.13. The summed E-state index contributed by atoms with van der Waals surface area (Å²) in [5.74, 6) is -0.327. The van der Waals surface area contributed by atoms with Crippen LogP contribution in [0.15, 0.2) is 0 Å². The van der Waals surface area contributed by atoms with Crippen molar-refractivity contribution in [2.45, 2.75) is 38.9 Å². The summed E-state index contributed by atoms with van der Waals surface area (Å²) in [6.45, 7) is 5.61. The first-order valence-corrected chi connectivity index (χ1v) is 4.98. The normalized spacial score (nSPS) is 22.8. The smallest absolute Gasteiger partial charge is 0.410 e. The van der Waals surface area contributed by atoms with Crippen molar-refractivity contribution in [1.82, 2.24) is 4.90 Å². The maximum absolute atomic E-state index is 11.5. The Balaban J connectivity index is 2.52. The van der Waals surface area contributed by atoms with E-state index in [1.54, 1.807) is 20.8 Å². The van der Waals surface area contributed by atoms with E-state index in [1.165, 1.54) is 4.90 Å². The Hall–Kier alpha value is -1.10. The van der Waals surface area contributed by atoms with Gasteiger partial charge < -0.3 is 14.7 Å². The Bertz CT molecular complexity index is 269. The van der Waals surface area contributed by atoms with E-state index >= 15 is 0 Å². The summed E-state index contributed by atoms with van der Waals surface area (Å²) in [6, 6.07) is 0. The topological polar surface area (TPSA) is 66.8 Å². The average Bonchev–Trinajstić information content (AvgIpc) is 2.06. The van der Waals surface area contributed by atoms with E-state index < -0.39 is 17.8 Å². The summed E-state index contributed by atoms with van der Waals surface area (Å²) >= 11 is 0. The number of aliphatic hydroxyl groups excluding tert-OH is 1. The molecule has 5 heteroatoms. The number of rotatable bonds is 0. The Labute approximate surface area is 89.0 Å². The summed E-state index contributed by atoms with van der Waals surface area (Å²) < 4.78 is 5.11. The van der Waals surface area contributed by atoms with Gasteiger partial charge in [-0.2, -0.15) is 0 Å². The third-order valence-electron chi connectivity index (χ3n) is 2.04. The molecule has 0 spiro atoms. The van der Waals surface area contributed by atoms with Crippen LogP contribution < -0.4 is 0 Å².